The van der Waals surface area contributed by atoms with Crippen molar-refractivity contribution in [1.82, 2.24) is 10.2 Å². The van der Waals surface area contributed by atoms with Crippen LogP contribution in [0, 0.1) is 0 Å². The summed E-state index contributed by atoms with van der Waals surface area (Å²) in [5.41, 5.74) is 0.363. The Balaban J connectivity index is 2.97. The molecule has 0 aliphatic rings. The summed E-state index contributed by atoms with van der Waals surface area (Å²) >= 11 is 3.13. The number of fused-ring (bicyclic) bond motifs is 1. The number of benzene rings is 1. The van der Waals surface area contributed by atoms with Crippen molar-refractivity contribution in [2.45, 2.75) is 0 Å². The average molecular weight is 237 g/mol. The molecule has 0 atom stereocenters. The molecule has 3 nitrogen and oxygen atoms in total. The van der Waals surface area contributed by atoms with Gasteiger partial charge in [0, 0.05) is 5.39 Å². The third-order valence-corrected chi connectivity index (χ3v) is 2.24. The van der Waals surface area contributed by atoms with E-state index in [0.717, 1.165) is 5.39 Å². The van der Waals surface area contributed by atoms with E-state index in [1.807, 2.05) is 24.3 Å². The van der Waals surface area contributed by atoms with E-state index in [4.69, 9.17) is 0 Å². The van der Waals surface area contributed by atoms with Crippen molar-refractivity contribution in [1.29, 1.82) is 0 Å². The topological polar surface area (TPSA) is 42.9 Å². The van der Waals surface area contributed by atoms with E-state index in [9.17, 15) is 4.79 Å². The van der Waals surface area contributed by atoms with Gasteiger partial charge in [-0.2, -0.15) is 0 Å². The molecule has 64 valence electrons. The van der Waals surface area contributed by atoms with E-state index >= 15 is 0 Å². The van der Waals surface area contributed by atoms with Crippen LogP contribution < -0.4 is 5.56 Å². The van der Waals surface area contributed by atoms with Crippen molar-refractivity contribution in [3.63, 3.8) is 0 Å². The van der Waals surface area contributed by atoms with Crippen molar-refractivity contribution in [3.8, 4) is 0 Å². The minimum Gasteiger partial charge on any atom is -0.264 e. The first kappa shape index (κ1) is 8.31. The van der Waals surface area contributed by atoms with Crippen LogP contribution in [0.2, 0.25) is 0 Å². The Labute approximate surface area is 82.6 Å². The van der Waals surface area contributed by atoms with E-state index in [-0.39, 0.29) is 5.56 Å². The van der Waals surface area contributed by atoms with Gasteiger partial charge in [0.15, 0.2) is 0 Å². The summed E-state index contributed by atoms with van der Waals surface area (Å²) in [6.45, 7) is 0. The van der Waals surface area contributed by atoms with Gasteiger partial charge in [0.05, 0.1) is 9.99 Å². The minimum atomic E-state index is -0.351. The second kappa shape index (κ2) is 3.22. The van der Waals surface area contributed by atoms with Crippen molar-refractivity contribution in [2.75, 3.05) is 0 Å². The maximum absolute atomic E-state index is 11.1. The van der Waals surface area contributed by atoms with Crippen LogP contribution in [0.5, 0.6) is 0 Å². The standard InChI is InChI=1S/C9H5BrN2O/c10-7-5-6-3-1-2-4-8(6)11-12-9(7)13/h1-5H. The Kier molecular flexibility index (Phi) is 2.06. The predicted molar refractivity (Wildman–Crippen MR) is 53.5 cm³/mol. The normalized spacial score (nSPS) is 10.2. The second-order valence-corrected chi connectivity index (χ2v) is 3.41. The summed E-state index contributed by atoms with van der Waals surface area (Å²) in [6, 6.07) is 9.16. The molecule has 0 spiro atoms. The first-order chi connectivity index (χ1) is 6.27. The zero-order valence-corrected chi connectivity index (χ0v) is 8.15. The largest absolute Gasteiger partial charge is 0.302 e. The molecule has 0 aliphatic carbocycles. The number of hydrogen-bond acceptors (Lipinski definition) is 3. The van der Waals surface area contributed by atoms with E-state index in [1.165, 1.54) is 0 Å². The monoisotopic (exact) mass is 236 g/mol. The summed E-state index contributed by atoms with van der Waals surface area (Å²) in [4.78, 5) is 11.1. The Bertz CT molecular complexity index is 513. The van der Waals surface area contributed by atoms with Crippen LogP contribution in [-0.2, 0) is 0 Å². The lowest BCUT2D eigenvalue weighted by atomic mass is 10.2. The van der Waals surface area contributed by atoms with Crippen LogP contribution in [0.15, 0.2) is 39.6 Å². The smallest absolute Gasteiger partial charge is 0.264 e. The summed E-state index contributed by atoms with van der Waals surface area (Å²) in [6.07, 6.45) is 0. The fourth-order valence-electron chi connectivity index (χ4n) is 1.05. The molecule has 4 heteroatoms. The van der Waals surface area contributed by atoms with Crippen molar-refractivity contribution < 1.29 is 0 Å². The number of rotatable bonds is 0. The van der Waals surface area contributed by atoms with Crippen molar-refractivity contribution in [3.05, 3.63) is 45.2 Å². The Morgan fingerprint density at radius 3 is 2.77 bits per heavy atom. The van der Waals surface area contributed by atoms with E-state index in [1.54, 1.807) is 6.07 Å². The maximum Gasteiger partial charge on any atom is 0.302 e. The third-order valence-electron chi connectivity index (χ3n) is 1.67. The molecule has 2 rings (SSSR count). The van der Waals surface area contributed by atoms with Gasteiger partial charge in [-0.25, -0.2) is 0 Å². The minimum absolute atomic E-state index is 0.351. The highest BCUT2D eigenvalue weighted by atomic mass is 79.9. The molecular weight excluding hydrogens is 232 g/mol. The predicted octanol–water partition coefficient (Wildman–Crippen LogP) is 1.75. The molecule has 1 aromatic carbocycles. The Morgan fingerprint density at radius 2 is 1.92 bits per heavy atom. The molecule has 0 radical (unpaired) electrons. The number of nitrogens with zero attached hydrogens (tertiary/aromatic N) is 2. The summed E-state index contributed by atoms with van der Waals surface area (Å²) in [5, 5.41) is 8.22. The number of aromatic nitrogens is 2. The van der Waals surface area contributed by atoms with Crippen LogP contribution in [-0.4, -0.2) is 10.2 Å². The molecule has 2 aromatic rings. The first-order valence-corrected chi connectivity index (χ1v) is 4.49. The van der Waals surface area contributed by atoms with Gasteiger partial charge < -0.3 is 0 Å². The molecule has 0 saturated heterocycles. The van der Waals surface area contributed by atoms with Gasteiger partial charge in [0.2, 0.25) is 0 Å². The van der Waals surface area contributed by atoms with Gasteiger partial charge in [0.1, 0.15) is 0 Å². The van der Waals surface area contributed by atoms with Gasteiger partial charge in [-0.05, 0) is 28.1 Å². The molecule has 1 aromatic heterocycles. The fraction of sp³-hybridized carbons (Fsp3) is 0. The third kappa shape index (κ3) is 1.58. The molecule has 0 bridgehead atoms. The number of hydrogen-bond donors (Lipinski definition) is 0. The van der Waals surface area contributed by atoms with E-state index < -0.39 is 0 Å². The lowest BCUT2D eigenvalue weighted by molar-refractivity contribution is 1.04. The van der Waals surface area contributed by atoms with Gasteiger partial charge in [-0.1, -0.05) is 18.2 Å². The molecule has 0 aliphatic heterocycles. The highest BCUT2D eigenvalue weighted by Crippen LogP contribution is 2.11. The molecular formula is C9H5BrN2O. The van der Waals surface area contributed by atoms with Gasteiger partial charge in [-0.3, -0.25) is 4.79 Å². The van der Waals surface area contributed by atoms with Crippen LogP contribution in [0.3, 0.4) is 0 Å². The SMILES string of the molecule is O=c1nnc2ccccc2cc1Br. The van der Waals surface area contributed by atoms with Crippen LogP contribution in [0.4, 0.5) is 0 Å². The maximum atomic E-state index is 11.1. The second-order valence-electron chi connectivity index (χ2n) is 2.56. The molecule has 0 fully saturated rings. The lowest BCUT2D eigenvalue weighted by Gasteiger charge is -1.86. The van der Waals surface area contributed by atoms with Crippen LogP contribution in [0.25, 0.3) is 10.9 Å². The van der Waals surface area contributed by atoms with Crippen molar-refractivity contribution in [2.24, 2.45) is 0 Å². The zero-order chi connectivity index (χ0) is 9.26. The van der Waals surface area contributed by atoms with Gasteiger partial charge in [-0.15, -0.1) is 10.2 Å². The molecule has 0 amide bonds. The summed E-state index contributed by atoms with van der Waals surface area (Å²) in [7, 11) is 0. The van der Waals surface area contributed by atoms with E-state index in [2.05, 4.69) is 26.1 Å². The molecule has 0 unspecified atom stereocenters. The lowest BCUT2D eigenvalue weighted by Crippen LogP contribution is -2.02. The highest BCUT2D eigenvalue weighted by Gasteiger charge is 1.96. The molecule has 13 heavy (non-hydrogen) atoms. The fourth-order valence-corrected chi connectivity index (χ4v) is 1.37. The highest BCUT2D eigenvalue weighted by molar-refractivity contribution is 9.10. The average Bonchev–Trinajstić information content (AvgIpc) is 2.28. The Morgan fingerprint density at radius 1 is 1.15 bits per heavy atom. The van der Waals surface area contributed by atoms with Crippen molar-refractivity contribution >= 4 is 26.8 Å². The summed E-state index contributed by atoms with van der Waals surface area (Å²) in [5.74, 6) is 0. The Hall–Kier alpha value is -1.29. The summed E-state index contributed by atoms with van der Waals surface area (Å²) < 4.78 is 0.432. The molecule has 1 heterocycles. The molecule has 0 saturated carbocycles. The van der Waals surface area contributed by atoms with Gasteiger partial charge >= 0.3 is 5.56 Å². The van der Waals surface area contributed by atoms with Crippen LogP contribution >= 0.6 is 15.9 Å². The number of halogens is 1. The molecule has 0 N–H and O–H groups in total. The zero-order valence-electron chi connectivity index (χ0n) is 6.57. The van der Waals surface area contributed by atoms with Gasteiger partial charge in [0.25, 0.3) is 0 Å². The quantitative estimate of drug-likeness (QED) is 0.701. The van der Waals surface area contributed by atoms with E-state index in [0.29, 0.717) is 9.99 Å². The first-order valence-electron chi connectivity index (χ1n) is 3.70. The van der Waals surface area contributed by atoms with Crippen LogP contribution in [0.1, 0.15) is 0 Å².